The van der Waals surface area contributed by atoms with Crippen molar-refractivity contribution in [2.75, 3.05) is 0 Å². The van der Waals surface area contributed by atoms with Crippen molar-refractivity contribution in [1.29, 1.82) is 0 Å². The normalized spacial score (nSPS) is 17.3. The van der Waals surface area contributed by atoms with Crippen molar-refractivity contribution in [3.05, 3.63) is 63.1 Å². The van der Waals surface area contributed by atoms with Crippen molar-refractivity contribution in [3.63, 3.8) is 0 Å². The van der Waals surface area contributed by atoms with Crippen LogP contribution in [0.1, 0.15) is 28.6 Å². The van der Waals surface area contributed by atoms with Crippen LogP contribution >= 0.6 is 27.3 Å². The number of para-hydroxylation sites is 1. The molecule has 1 heterocycles. The summed E-state index contributed by atoms with van der Waals surface area (Å²) >= 11 is 5.44. The molecule has 1 unspecified atom stereocenters. The van der Waals surface area contributed by atoms with Crippen LogP contribution in [-0.4, -0.2) is 4.98 Å². The average molecular weight is 359 g/mol. The summed E-state index contributed by atoms with van der Waals surface area (Å²) in [5.41, 5.74) is 4.00. The number of thiazole rings is 1. The Hall–Kier alpha value is -1.23. The van der Waals surface area contributed by atoms with E-state index in [9.17, 15) is 0 Å². The molecule has 0 bridgehead atoms. The number of benzene rings is 2. The number of aromatic nitrogens is 1. The number of halogens is 1. The first-order valence-corrected chi connectivity index (χ1v) is 8.77. The van der Waals surface area contributed by atoms with Gasteiger partial charge in [-0.05, 0) is 42.2 Å². The van der Waals surface area contributed by atoms with Gasteiger partial charge in [0.1, 0.15) is 5.01 Å². The minimum atomic E-state index is 0.449. The molecule has 0 aliphatic heterocycles. The second-order valence-corrected chi connectivity index (χ2v) is 7.32. The van der Waals surface area contributed by atoms with Gasteiger partial charge in [-0.25, -0.2) is 4.98 Å². The molecule has 0 saturated carbocycles. The lowest BCUT2D eigenvalue weighted by molar-refractivity contribution is 0.529. The molecule has 0 spiro atoms. The fourth-order valence-corrected chi connectivity index (χ4v) is 4.53. The molecular weight excluding hydrogens is 344 g/mol. The quantitative estimate of drug-likeness (QED) is 0.724. The van der Waals surface area contributed by atoms with Gasteiger partial charge in [0.05, 0.1) is 10.2 Å². The number of rotatable bonds is 3. The van der Waals surface area contributed by atoms with E-state index >= 15 is 0 Å². The van der Waals surface area contributed by atoms with Crippen molar-refractivity contribution >= 4 is 37.5 Å². The van der Waals surface area contributed by atoms with Crippen molar-refractivity contribution in [1.82, 2.24) is 10.3 Å². The van der Waals surface area contributed by atoms with E-state index in [1.165, 1.54) is 31.7 Å². The van der Waals surface area contributed by atoms with Crippen LogP contribution < -0.4 is 5.32 Å². The fourth-order valence-electron chi connectivity index (χ4n) is 3.03. The first-order chi connectivity index (χ1) is 10.3. The summed E-state index contributed by atoms with van der Waals surface area (Å²) in [7, 11) is 0. The van der Waals surface area contributed by atoms with Gasteiger partial charge >= 0.3 is 0 Å². The predicted molar refractivity (Wildman–Crippen MR) is 91.7 cm³/mol. The van der Waals surface area contributed by atoms with Crippen LogP contribution in [-0.2, 0) is 13.0 Å². The zero-order valence-corrected chi connectivity index (χ0v) is 13.9. The Labute approximate surface area is 136 Å². The zero-order valence-electron chi connectivity index (χ0n) is 11.5. The molecule has 1 atom stereocenters. The summed E-state index contributed by atoms with van der Waals surface area (Å²) in [4.78, 5) is 4.69. The van der Waals surface area contributed by atoms with E-state index in [2.05, 4.69) is 57.6 Å². The van der Waals surface area contributed by atoms with Crippen LogP contribution in [0.3, 0.4) is 0 Å². The Morgan fingerprint density at radius 2 is 2.10 bits per heavy atom. The van der Waals surface area contributed by atoms with Crippen LogP contribution in [0.15, 0.2) is 46.9 Å². The van der Waals surface area contributed by atoms with Crippen LogP contribution in [0, 0.1) is 0 Å². The molecule has 0 radical (unpaired) electrons. The van der Waals surface area contributed by atoms with Gasteiger partial charge in [-0.15, -0.1) is 11.3 Å². The van der Waals surface area contributed by atoms with E-state index in [4.69, 9.17) is 4.98 Å². The van der Waals surface area contributed by atoms with Gasteiger partial charge in [-0.3, -0.25) is 0 Å². The highest BCUT2D eigenvalue weighted by Gasteiger charge is 2.23. The molecule has 1 aromatic heterocycles. The molecule has 1 aliphatic carbocycles. The monoisotopic (exact) mass is 358 g/mol. The van der Waals surface area contributed by atoms with E-state index in [-0.39, 0.29) is 0 Å². The summed E-state index contributed by atoms with van der Waals surface area (Å²) in [6.07, 6.45) is 2.32. The van der Waals surface area contributed by atoms with Crippen LogP contribution in [0.5, 0.6) is 0 Å². The Morgan fingerprint density at radius 3 is 3.00 bits per heavy atom. The number of nitrogens with one attached hydrogen (secondary N) is 1. The third kappa shape index (κ3) is 2.52. The van der Waals surface area contributed by atoms with Crippen molar-refractivity contribution in [2.45, 2.75) is 25.4 Å². The summed E-state index contributed by atoms with van der Waals surface area (Å²) in [6, 6.07) is 15.3. The van der Waals surface area contributed by atoms with Crippen LogP contribution in [0.2, 0.25) is 0 Å². The molecule has 4 rings (SSSR count). The third-order valence-electron chi connectivity index (χ3n) is 4.05. The first kappa shape index (κ1) is 13.4. The maximum atomic E-state index is 4.69. The average Bonchev–Trinajstić information content (AvgIpc) is 3.09. The van der Waals surface area contributed by atoms with E-state index in [1.807, 2.05) is 6.07 Å². The van der Waals surface area contributed by atoms with E-state index < -0.39 is 0 Å². The molecule has 0 fully saturated rings. The summed E-state index contributed by atoms with van der Waals surface area (Å²) in [5, 5.41) is 4.84. The van der Waals surface area contributed by atoms with Crippen LogP contribution in [0.4, 0.5) is 0 Å². The first-order valence-electron chi connectivity index (χ1n) is 7.16. The van der Waals surface area contributed by atoms with Gasteiger partial charge in [0, 0.05) is 17.1 Å². The van der Waals surface area contributed by atoms with Crippen molar-refractivity contribution in [2.24, 2.45) is 0 Å². The maximum absolute atomic E-state index is 4.69. The topological polar surface area (TPSA) is 24.9 Å². The Bertz CT molecular complexity index is 763. The van der Waals surface area contributed by atoms with Crippen LogP contribution in [0.25, 0.3) is 10.2 Å². The minimum Gasteiger partial charge on any atom is -0.304 e. The highest BCUT2D eigenvalue weighted by Crippen LogP contribution is 2.35. The Kier molecular flexibility index (Phi) is 3.53. The molecule has 2 nitrogen and oxygen atoms in total. The van der Waals surface area contributed by atoms with E-state index in [0.29, 0.717) is 6.04 Å². The standard InChI is InChI=1S/C17H15BrN2S/c18-13-5-3-4-12-11(13)8-9-14(12)19-10-17-20-15-6-1-2-7-16(15)21-17/h1-7,14,19H,8-10H2. The summed E-state index contributed by atoms with van der Waals surface area (Å²) < 4.78 is 2.51. The molecule has 1 N–H and O–H groups in total. The highest BCUT2D eigenvalue weighted by molar-refractivity contribution is 9.10. The lowest BCUT2D eigenvalue weighted by Crippen LogP contribution is -2.18. The Morgan fingerprint density at radius 1 is 1.19 bits per heavy atom. The molecule has 3 aromatic rings. The van der Waals surface area contributed by atoms with E-state index in [0.717, 1.165) is 18.5 Å². The van der Waals surface area contributed by atoms with Gasteiger partial charge < -0.3 is 5.32 Å². The minimum absolute atomic E-state index is 0.449. The molecule has 0 saturated heterocycles. The highest BCUT2D eigenvalue weighted by atomic mass is 79.9. The maximum Gasteiger partial charge on any atom is 0.108 e. The third-order valence-corrected chi connectivity index (χ3v) is 5.83. The number of fused-ring (bicyclic) bond motifs is 2. The Balaban J connectivity index is 1.52. The lowest BCUT2D eigenvalue weighted by Gasteiger charge is -2.13. The largest absolute Gasteiger partial charge is 0.304 e. The molecule has 106 valence electrons. The molecule has 4 heteroatoms. The summed E-state index contributed by atoms with van der Waals surface area (Å²) in [5.74, 6) is 0. The van der Waals surface area contributed by atoms with Crippen molar-refractivity contribution in [3.8, 4) is 0 Å². The number of hydrogen-bond acceptors (Lipinski definition) is 3. The number of hydrogen-bond donors (Lipinski definition) is 1. The van der Waals surface area contributed by atoms with Gasteiger partial charge in [-0.1, -0.05) is 40.2 Å². The van der Waals surface area contributed by atoms with Crippen molar-refractivity contribution < 1.29 is 0 Å². The molecule has 2 aromatic carbocycles. The van der Waals surface area contributed by atoms with Gasteiger partial charge in [0.15, 0.2) is 0 Å². The van der Waals surface area contributed by atoms with E-state index in [1.54, 1.807) is 11.3 Å². The zero-order chi connectivity index (χ0) is 14.2. The second-order valence-electron chi connectivity index (χ2n) is 5.36. The molecule has 1 aliphatic rings. The predicted octanol–water partition coefficient (Wildman–Crippen LogP) is 4.84. The van der Waals surface area contributed by atoms with Gasteiger partial charge in [-0.2, -0.15) is 0 Å². The molecule has 21 heavy (non-hydrogen) atoms. The molecular formula is C17H15BrN2S. The fraction of sp³-hybridized carbons (Fsp3) is 0.235. The lowest BCUT2D eigenvalue weighted by atomic mass is 10.1. The molecule has 0 amide bonds. The second kappa shape index (κ2) is 5.52. The van der Waals surface area contributed by atoms with Gasteiger partial charge in [0.25, 0.3) is 0 Å². The SMILES string of the molecule is Brc1cccc2c1CCC2NCc1nc2ccccc2s1. The summed E-state index contributed by atoms with van der Waals surface area (Å²) in [6.45, 7) is 0.843. The van der Waals surface area contributed by atoms with Gasteiger partial charge in [0.2, 0.25) is 0 Å². The number of nitrogens with zero attached hydrogens (tertiary/aromatic N) is 1. The smallest absolute Gasteiger partial charge is 0.108 e.